The lowest BCUT2D eigenvalue weighted by Crippen LogP contribution is -2.37. The van der Waals surface area contributed by atoms with Crippen LogP contribution in [-0.4, -0.2) is 20.7 Å². The monoisotopic (exact) mass is 393 g/mol. The maximum absolute atomic E-state index is 12.9. The van der Waals surface area contributed by atoms with Crippen LogP contribution in [0.2, 0.25) is 0 Å². The highest BCUT2D eigenvalue weighted by atomic mass is 32.2. The first kappa shape index (κ1) is 20.2. The van der Waals surface area contributed by atoms with Gasteiger partial charge in [0.15, 0.2) is 0 Å². The molecule has 3 rings (SSSR count). The minimum absolute atomic E-state index is 0.0390. The minimum Gasteiger partial charge on any atom is -0.349 e. The summed E-state index contributed by atoms with van der Waals surface area (Å²) >= 11 is 1.71. The van der Waals surface area contributed by atoms with Gasteiger partial charge < -0.3 is 9.88 Å². The summed E-state index contributed by atoms with van der Waals surface area (Å²) < 4.78 is 1.96. The second kappa shape index (κ2) is 9.60. The van der Waals surface area contributed by atoms with Crippen LogP contribution in [0, 0.1) is 5.92 Å². The van der Waals surface area contributed by atoms with Crippen LogP contribution in [0.3, 0.4) is 0 Å². The lowest BCUT2D eigenvalue weighted by Gasteiger charge is -2.23. The molecule has 0 saturated carbocycles. The van der Waals surface area contributed by atoms with Crippen LogP contribution < -0.4 is 5.32 Å². The van der Waals surface area contributed by atoms with Gasteiger partial charge in [-0.25, -0.2) is 4.98 Å². The molecular weight excluding hydrogens is 366 g/mol. The van der Waals surface area contributed by atoms with Gasteiger partial charge in [-0.05, 0) is 36.1 Å². The Morgan fingerprint density at radius 3 is 2.39 bits per heavy atom. The molecule has 2 atom stereocenters. The number of amides is 1. The number of carbonyl (C=O) groups excluding carboxylic acids is 1. The Morgan fingerprint density at radius 1 is 1.07 bits per heavy atom. The summed E-state index contributed by atoms with van der Waals surface area (Å²) in [6.45, 7) is 6.24. The van der Waals surface area contributed by atoms with Gasteiger partial charge in [0.05, 0.1) is 17.6 Å². The number of nitrogens with zero attached hydrogens (tertiary/aromatic N) is 2. The summed E-state index contributed by atoms with van der Waals surface area (Å²) in [6, 6.07) is 18.5. The maximum Gasteiger partial charge on any atom is 0.233 e. The van der Waals surface area contributed by atoms with Crippen LogP contribution in [0.15, 0.2) is 73.3 Å². The predicted octanol–water partition coefficient (Wildman–Crippen LogP) is 5.01. The molecule has 0 spiro atoms. The Morgan fingerprint density at radius 2 is 1.79 bits per heavy atom. The molecule has 146 valence electrons. The number of hydrogen-bond donors (Lipinski definition) is 1. The van der Waals surface area contributed by atoms with Gasteiger partial charge in [-0.1, -0.05) is 56.3 Å². The summed E-state index contributed by atoms with van der Waals surface area (Å²) in [6.07, 6.45) is 5.45. The fourth-order valence-electron chi connectivity index (χ4n) is 3.06. The summed E-state index contributed by atoms with van der Waals surface area (Å²) in [7, 11) is 0. The van der Waals surface area contributed by atoms with Gasteiger partial charge in [0.25, 0.3) is 0 Å². The second-order valence-corrected chi connectivity index (χ2v) is 8.38. The smallest absolute Gasteiger partial charge is 0.233 e. The van der Waals surface area contributed by atoms with E-state index in [-0.39, 0.29) is 23.1 Å². The van der Waals surface area contributed by atoms with Gasteiger partial charge in [-0.3, -0.25) is 4.79 Å². The number of thioether (sulfide) groups is 1. The standard InChI is InChI=1S/C23H27N3OS/c1-17(2)22(28-15-19-7-5-4-6-8-19)23(27)25-18(3)20-9-11-21(12-10-20)26-14-13-24-16-26/h4-14,16-18,22H,15H2,1-3H3,(H,25,27). The molecule has 2 aromatic carbocycles. The van der Waals surface area contributed by atoms with Crippen LogP contribution in [0.4, 0.5) is 0 Å². The Balaban J connectivity index is 1.60. The molecule has 2 unspecified atom stereocenters. The average molecular weight is 394 g/mol. The van der Waals surface area contributed by atoms with Gasteiger partial charge in [0, 0.05) is 23.8 Å². The number of benzene rings is 2. The van der Waals surface area contributed by atoms with Gasteiger partial charge in [-0.2, -0.15) is 0 Å². The highest BCUT2D eigenvalue weighted by Gasteiger charge is 2.24. The summed E-state index contributed by atoms with van der Waals surface area (Å²) in [5, 5.41) is 3.11. The largest absolute Gasteiger partial charge is 0.349 e. The van der Waals surface area contributed by atoms with Crippen LogP contribution in [-0.2, 0) is 10.5 Å². The first-order valence-corrected chi connectivity index (χ1v) is 10.6. The van der Waals surface area contributed by atoms with Crippen LogP contribution in [0.5, 0.6) is 0 Å². The van der Waals surface area contributed by atoms with E-state index in [1.54, 1.807) is 24.3 Å². The molecular formula is C23H27N3OS. The van der Waals surface area contributed by atoms with Gasteiger partial charge in [0.1, 0.15) is 0 Å². The first-order valence-electron chi connectivity index (χ1n) is 9.59. The Kier molecular flexibility index (Phi) is 6.93. The highest BCUT2D eigenvalue weighted by molar-refractivity contribution is 7.99. The zero-order valence-electron chi connectivity index (χ0n) is 16.6. The van der Waals surface area contributed by atoms with E-state index in [2.05, 4.69) is 48.4 Å². The average Bonchev–Trinajstić information content (AvgIpc) is 3.23. The van der Waals surface area contributed by atoms with E-state index >= 15 is 0 Å². The molecule has 0 aliphatic heterocycles. The fraction of sp³-hybridized carbons (Fsp3) is 0.304. The van der Waals surface area contributed by atoms with Gasteiger partial charge >= 0.3 is 0 Å². The molecule has 0 aliphatic rings. The molecule has 1 amide bonds. The SMILES string of the molecule is CC(NC(=O)C(SCc1ccccc1)C(C)C)c1ccc(-n2ccnc2)cc1. The molecule has 28 heavy (non-hydrogen) atoms. The Labute approximate surface area is 171 Å². The van der Waals surface area contributed by atoms with Crippen molar-refractivity contribution in [3.05, 3.63) is 84.4 Å². The van der Waals surface area contributed by atoms with E-state index in [1.165, 1.54) is 5.56 Å². The van der Waals surface area contributed by atoms with Crippen molar-refractivity contribution in [2.24, 2.45) is 5.92 Å². The fourth-order valence-corrected chi connectivity index (χ4v) is 4.23. The molecule has 3 aromatic rings. The van der Waals surface area contributed by atoms with Crippen molar-refractivity contribution in [1.82, 2.24) is 14.9 Å². The van der Waals surface area contributed by atoms with Gasteiger partial charge in [0.2, 0.25) is 5.91 Å². The molecule has 0 radical (unpaired) electrons. The van der Waals surface area contributed by atoms with E-state index in [1.807, 2.05) is 48.0 Å². The molecule has 0 saturated heterocycles. The topological polar surface area (TPSA) is 46.9 Å². The van der Waals surface area contributed by atoms with E-state index < -0.39 is 0 Å². The van der Waals surface area contributed by atoms with Crippen molar-refractivity contribution < 1.29 is 4.79 Å². The van der Waals surface area contributed by atoms with E-state index in [0.717, 1.165) is 17.0 Å². The number of imidazole rings is 1. The summed E-state index contributed by atoms with van der Waals surface area (Å²) in [5.41, 5.74) is 3.39. The number of aromatic nitrogens is 2. The third-order valence-corrected chi connectivity index (χ3v) is 6.31. The predicted molar refractivity (Wildman–Crippen MR) is 116 cm³/mol. The first-order chi connectivity index (χ1) is 13.5. The highest BCUT2D eigenvalue weighted by Crippen LogP contribution is 2.25. The van der Waals surface area contributed by atoms with Crippen LogP contribution in [0.1, 0.15) is 37.9 Å². The number of carbonyl (C=O) groups is 1. The van der Waals surface area contributed by atoms with Crippen molar-refractivity contribution in [3.63, 3.8) is 0 Å². The van der Waals surface area contributed by atoms with Gasteiger partial charge in [-0.15, -0.1) is 11.8 Å². The van der Waals surface area contributed by atoms with Crippen molar-refractivity contribution in [3.8, 4) is 5.69 Å². The van der Waals surface area contributed by atoms with Crippen LogP contribution in [0.25, 0.3) is 5.69 Å². The van der Waals surface area contributed by atoms with Crippen molar-refractivity contribution >= 4 is 17.7 Å². The third-order valence-electron chi connectivity index (χ3n) is 4.69. The van der Waals surface area contributed by atoms with E-state index in [9.17, 15) is 4.79 Å². The van der Waals surface area contributed by atoms with Crippen molar-refractivity contribution in [1.29, 1.82) is 0 Å². The van der Waals surface area contributed by atoms with Crippen molar-refractivity contribution in [2.45, 2.75) is 37.8 Å². The Hall–Kier alpha value is -2.53. The lowest BCUT2D eigenvalue weighted by molar-refractivity contribution is -0.121. The summed E-state index contributed by atoms with van der Waals surface area (Å²) in [5.74, 6) is 1.21. The van der Waals surface area contributed by atoms with E-state index in [4.69, 9.17) is 0 Å². The molecule has 1 N–H and O–H groups in total. The zero-order chi connectivity index (χ0) is 19.9. The molecule has 0 bridgehead atoms. The van der Waals surface area contributed by atoms with Crippen molar-refractivity contribution in [2.75, 3.05) is 0 Å². The van der Waals surface area contributed by atoms with E-state index in [0.29, 0.717) is 0 Å². The number of nitrogens with one attached hydrogen (secondary N) is 1. The lowest BCUT2D eigenvalue weighted by atomic mass is 10.1. The van der Waals surface area contributed by atoms with Crippen LogP contribution >= 0.6 is 11.8 Å². The molecule has 1 aromatic heterocycles. The normalized spacial score (nSPS) is 13.3. The molecule has 0 fully saturated rings. The number of hydrogen-bond acceptors (Lipinski definition) is 3. The third kappa shape index (κ3) is 5.26. The zero-order valence-corrected chi connectivity index (χ0v) is 17.4. The Bertz CT molecular complexity index is 861. The quantitative estimate of drug-likeness (QED) is 0.585. The minimum atomic E-state index is -0.0760. The molecule has 0 aliphatic carbocycles. The maximum atomic E-state index is 12.9. The summed E-state index contributed by atoms with van der Waals surface area (Å²) in [4.78, 5) is 17.0. The molecule has 4 nitrogen and oxygen atoms in total. The second-order valence-electron chi connectivity index (χ2n) is 7.25. The molecule has 1 heterocycles. The molecule has 5 heteroatoms. The number of rotatable bonds is 8.